The molecular formula is C15H28O5. The van der Waals surface area contributed by atoms with Crippen molar-refractivity contribution in [2.45, 2.75) is 65.6 Å². The lowest BCUT2D eigenvalue weighted by Gasteiger charge is -2.26. The molecule has 0 heterocycles. The van der Waals surface area contributed by atoms with Crippen LogP contribution in [-0.4, -0.2) is 37.4 Å². The zero-order chi connectivity index (χ0) is 15.8. The van der Waals surface area contributed by atoms with Crippen LogP contribution in [0.3, 0.4) is 0 Å². The van der Waals surface area contributed by atoms with E-state index in [0.29, 0.717) is 0 Å². The van der Waals surface area contributed by atoms with Gasteiger partial charge in [0.05, 0.1) is 5.60 Å². The van der Waals surface area contributed by atoms with Crippen molar-refractivity contribution in [1.29, 1.82) is 0 Å². The Labute approximate surface area is 122 Å². The minimum absolute atomic E-state index is 0.115. The first kappa shape index (κ1) is 18.9. The van der Waals surface area contributed by atoms with Gasteiger partial charge in [0.25, 0.3) is 0 Å². The van der Waals surface area contributed by atoms with Gasteiger partial charge in [-0.05, 0) is 32.6 Å². The molecule has 5 heteroatoms. The Kier molecular flexibility index (Phi) is 8.46. The van der Waals surface area contributed by atoms with E-state index in [1.54, 1.807) is 7.11 Å². The molecule has 0 aliphatic rings. The highest BCUT2D eigenvalue weighted by atomic mass is 16.6. The normalized spacial score (nSPS) is 14.5. The topological polar surface area (TPSA) is 61.8 Å². The van der Waals surface area contributed by atoms with Crippen LogP contribution in [-0.2, 0) is 23.8 Å². The summed E-state index contributed by atoms with van der Waals surface area (Å²) in [5, 5.41) is 0. The van der Waals surface area contributed by atoms with Crippen molar-refractivity contribution in [3.05, 3.63) is 0 Å². The Balaban J connectivity index is 4.28. The summed E-state index contributed by atoms with van der Waals surface area (Å²) in [6, 6.07) is 0. The maximum absolute atomic E-state index is 11.1. The zero-order valence-electron chi connectivity index (χ0n) is 13.5. The van der Waals surface area contributed by atoms with Crippen LogP contribution in [0.1, 0.15) is 53.9 Å². The summed E-state index contributed by atoms with van der Waals surface area (Å²) in [5.41, 5.74) is -0.146. The average molecular weight is 288 g/mol. The Bertz CT molecular complexity index is 311. The largest absolute Gasteiger partial charge is 0.462 e. The molecule has 0 radical (unpaired) electrons. The number of esters is 2. The molecule has 5 nitrogen and oxygen atoms in total. The van der Waals surface area contributed by atoms with Crippen LogP contribution in [0.25, 0.3) is 0 Å². The summed E-state index contributed by atoms with van der Waals surface area (Å²) in [4.78, 5) is 22.0. The van der Waals surface area contributed by atoms with E-state index >= 15 is 0 Å². The van der Waals surface area contributed by atoms with E-state index < -0.39 is 0 Å². The molecule has 0 rings (SSSR count). The van der Waals surface area contributed by atoms with Gasteiger partial charge in [0.2, 0.25) is 0 Å². The number of rotatable bonds is 9. The molecule has 2 atom stereocenters. The van der Waals surface area contributed by atoms with E-state index in [4.69, 9.17) is 14.2 Å². The summed E-state index contributed by atoms with van der Waals surface area (Å²) in [5.74, 6) is -0.591. The van der Waals surface area contributed by atoms with Crippen LogP contribution in [0.4, 0.5) is 0 Å². The van der Waals surface area contributed by atoms with Crippen molar-refractivity contribution >= 4 is 11.9 Å². The van der Waals surface area contributed by atoms with Crippen LogP contribution >= 0.6 is 0 Å². The molecule has 0 saturated carbocycles. The van der Waals surface area contributed by atoms with Gasteiger partial charge in [-0.2, -0.15) is 0 Å². The number of ether oxygens (including phenoxy) is 3. The third-order valence-electron chi connectivity index (χ3n) is 3.39. The number of hydrogen-bond donors (Lipinski definition) is 0. The number of carbonyl (C=O) groups excluding carboxylic acids is 2. The first-order chi connectivity index (χ1) is 9.18. The van der Waals surface area contributed by atoms with Gasteiger partial charge in [-0.25, -0.2) is 0 Å². The van der Waals surface area contributed by atoms with Crippen LogP contribution in [0.2, 0.25) is 0 Å². The molecule has 0 aromatic heterocycles. The summed E-state index contributed by atoms with van der Waals surface area (Å²) >= 11 is 0. The Hall–Kier alpha value is -1.10. The fourth-order valence-electron chi connectivity index (χ4n) is 1.86. The third-order valence-corrected chi connectivity index (χ3v) is 3.39. The monoisotopic (exact) mass is 288 g/mol. The minimum atomic E-state index is -0.387. The fourth-order valence-corrected chi connectivity index (χ4v) is 1.86. The molecule has 0 amide bonds. The maximum atomic E-state index is 11.1. The van der Waals surface area contributed by atoms with Crippen LogP contribution < -0.4 is 0 Å². The highest BCUT2D eigenvalue weighted by Gasteiger charge is 2.23. The van der Waals surface area contributed by atoms with Gasteiger partial charge in [0, 0.05) is 21.0 Å². The molecule has 0 saturated heterocycles. The van der Waals surface area contributed by atoms with Gasteiger partial charge in [-0.3, -0.25) is 9.59 Å². The van der Waals surface area contributed by atoms with Crippen LogP contribution in [0, 0.1) is 5.92 Å². The molecule has 0 bridgehead atoms. The van der Waals surface area contributed by atoms with Crippen molar-refractivity contribution in [1.82, 2.24) is 0 Å². The fraction of sp³-hybridized carbons (Fsp3) is 0.867. The molecule has 0 aliphatic carbocycles. The van der Waals surface area contributed by atoms with Crippen molar-refractivity contribution in [2.75, 3.05) is 13.7 Å². The SMILES string of the molecule is COC(C)(C)CCC[C@H](C)[C@H](COC(C)=O)OC(C)=O. The van der Waals surface area contributed by atoms with Gasteiger partial charge in [0.1, 0.15) is 12.7 Å². The average Bonchev–Trinajstić information content (AvgIpc) is 2.33. The third kappa shape index (κ3) is 8.91. The van der Waals surface area contributed by atoms with E-state index in [1.807, 2.05) is 20.8 Å². The molecule has 0 aromatic carbocycles. The molecule has 0 unspecified atom stereocenters. The van der Waals surface area contributed by atoms with E-state index in [9.17, 15) is 9.59 Å². The zero-order valence-corrected chi connectivity index (χ0v) is 13.5. The molecule has 0 aromatic rings. The first-order valence-electron chi connectivity index (χ1n) is 7.03. The van der Waals surface area contributed by atoms with Crippen LogP contribution in [0.15, 0.2) is 0 Å². The lowest BCUT2D eigenvalue weighted by Crippen LogP contribution is -2.30. The summed E-state index contributed by atoms with van der Waals surface area (Å²) in [6.07, 6.45) is 2.38. The molecule has 0 aliphatic heterocycles. The molecule has 0 fully saturated rings. The molecular weight excluding hydrogens is 260 g/mol. The van der Waals surface area contributed by atoms with E-state index in [2.05, 4.69) is 0 Å². The second-order valence-corrected chi connectivity index (χ2v) is 5.78. The van der Waals surface area contributed by atoms with E-state index in [-0.39, 0.29) is 36.2 Å². The second kappa shape index (κ2) is 8.95. The predicted molar refractivity (Wildman–Crippen MR) is 76.3 cm³/mol. The highest BCUT2D eigenvalue weighted by molar-refractivity contribution is 5.67. The molecule has 118 valence electrons. The standard InChI is InChI=1S/C15H28O5/c1-11(8-7-9-15(4,5)18-6)14(20-13(3)17)10-19-12(2)16/h11,14H,7-10H2,1-6H3/t11-,14-/m0/s1. The quantitative estimate of drug-likeness (QED) is 0.610. The molecule has 0 N–H and O–H groups in total. The number of methoxy groups -OCH3 is 1. The molecule has 0 spiro atoms. The number of hydrogen-bond acceptors (Lipinski definition) is 5. The van der Waals surface area contributed by atoms with Crippen molar-refractivity contribution in [3.63, 3.8) is 0 Å². The molecule has 20 heavy (non-hydrogen) atoms. The van der Waals surface area contributed by atoms with Gasteiger partial charge in [0.15, 0.2) is 0 Å². The van der Waals surface area contributed by atoms with Crippen LogP contribution in [0.5, 0.6) is 0 Å². The van der Waals surface area contributed by atoms with Gasteiger partial charge in [-0.1, -0.05) is 13.3 Å². The van der Waals surface area contributed by atoms with E-state index in [1.165, 1.54) is 13.8 Å². The highest BCUT2D eigenvalue weighted by Crippen LogP contribution is 2.21. The summed E-state index contributed by atoms with van der Waals surface area (Å²) in [6.45, 7) is 8.90. The summed E-state index contributed by atoms with van der Waals surface area (Å²) in [7, 11) is 1.70. The van der Waals surface area contributed by atoms with E-state index in [0.717, 1.165) is 19.3 Å². The number of carbonyl (C=O) groups is 2. The van der Waals surface area contributed by atoms with Gasteiger partial charge < -0.3 is 14.2 Å². The Morgan fingerprint density at radius 2 is 1.75 bits per heavy atom. The Morgan fingerprint density at radius 3 is 2.20 bits per heavy atom. The Morgan fingerprint density at radius 1 is 1.15 bits per heavy atom. The van der Waals surface area contributed by atoms with Crippen molar-refractivity contribution in [3.8, 4) is 0 Å². The van der Waals surface area contributed by atoms with Gasteiger partial charge in [-0.15, -0.1) is 0 Å². The smallest absolute Gasteiger partial charge is 0.303 e. The van der Waals surface area contributed by atoms with Crippen molar-refractivity contribution < 1.29 is 23.8 Å². The lowest BCUT2D eigenvalue weighted by atomic mass is 9.93. The lowest BCUT2D eigenvalue weighted by molar-refractivity contribution is -0.159. The predicted octanol–water partition coefficient (Wildman–Crippen LogP) is 2.71. The maximum Gasteiger partial charge on any atom is 0.303 e. The minimum Gasteiger partial charge on any atom is -0.462 e. The van der Waals surface area contributed by atoms with Gasteiger partial charge >= 0.3 is 11.9 Å². The summed E-state index contributed by atoms with van der Waals surface area (Å²) < 4.78 is 15.5. The second-order valence-electron chi connectivity index (χ2n) is 5.78. The first-order valence-corrected chi connectivity index (χ1v) is 7.03. The van der Waals surface area contributed by atoms with Crippen molar-refractivity contribution in [2.24, 2.45) is 5.92 Å².